The predicted molar refractivity (Wildman–Crippen MR) is 70.7 cm³/mol. The Hall–Kier alpha value is -1.46. The molecule has 0 bridgehead atoms. The number of aliphatic hydroxyl groups is 1. The van der Waals surface area contributed by atoms with Crippen LogP contribution < -0.4 is 0 Å². The van der Waals surface area contributed by atoms with Crippen LogP contribution in [0.5, 0.6) is 0 Å². The number of benzene rings is 1. The van der Waals surface area contributed by atoms with E-state index in [0.717, 1.165) is 15.2 Å². The second-order valence-corrected chi connectivity index (χ2v) is 5.42. The maximum absolute atomic E-state index is 11.3. The summed E-state index contributed by atoms with van der Waals surface area (Å²) in [5, 5.41) is 10.8. The van der Waals surface area contributed by atoms with E-state index in [2.05, 4.69) is 23.6 Å². The van der Waals surface area contributed by atoms with Crippen LogP contribution in [0.15, 0.2) is 18.2 Å². The Kier molecular flexibility index (Phi) is 3.63. The molecule has 1 aromatic carbocycles. The molecule has 4 nitrogen and oxygen atoms in total. The van der Waals surface area contributed by atoms with Crippen molar-refractivity contribution in [1.29, 1.82) is 0 Å². The lowest BCUT2D eigenvalue weighted by molar-refractivity contribution is -0.150. The number of rotatable bonds is 3. The van der Waals surface area contributed by atoms with Gasteiger partial charge in [-0.2, -0.15) is 0 Å². The number of thiazole rings is 1. The number of carbonyl (C=O) groups is 1. The molecule has 0 amide bonds. The van der Waals surface area contributed by atoms with Crippen LogP contribution in [0.2, 0.25) is 0 Å². The number of fused-ring (bicyclic) bond motifs is 1. The lowest BCUT2D eigenvalue weighted by Crippen LogP contribution is -2.13. The van der Waals surface area contributed by atoms with Crippen molar-refractivity contribution in [2.24, 2.45) is 0 Å². The average Bonchev–Trinajstić information content (AvgIpc) is 2.79. The fraction of sp³-hybridized carbons (Fsp3) is 0.385. The number of hydrogen-bond donors (Lipinski definition) is 1. The lowest BCUT2D eigenvalue weighted by Gasteiger charge is -2.07. The van der Waals surface area contributed by atoms with E-state index >= 15 is 0 Å². The normalized spacial score (nSPS) is 12.9. The Labute approximate surface area is 109 Å². The molecule has 0 aliphatic rings. The molecule has 2 aromatic rings. The molecule has 96 valence electrons. The van der Waals surface area contributed by atoms with E-state index in [9.17, 15) is 9.90 Å². The largest absolute Gasteiger partial charge is 0.467 e. The zero-order valence-corrected chi connectivity index (χ0v) is 11.3. The number of ether oxygens (including phenoxy) is 1. The van der Waals surface area contributed by atoms with Crippen LogP contribution in [0.1, 0.15) is 36.4 Å². The van der Waals surface area contributed by atoms with E-state index < -0.39 is 12.1 Å². The summed E-state index contributed by atoms with van der Waals surface area (Å²) >= 11 is 1.63. The maximum atomic E-state index is 11.3. The third kappa shape index (κ3) is 2.37. The summed E-state index contributed by atoms with van der Waals surface area (Å²) in [5.41, 5.74) is 1.32. The van der Waals surface area contributed by atoms with Crippen molar-refractivity contribution in [1.82, 2.24) is 4.98 Å². The number of esters is 1. The van der Waals surface area contributed by atoms with Gasteiger partial charge < -0.3 is 9.84 Å². The first-order chi connectivity index (χ1) is 8.52. The summed E-state index contributed by atoms with van der Waals surface area (Å²) in [4.78, 5) is 15.8. The Morgan fingerprint density at radius 3 is 2.78 bits per heavy atom. The molecule has 0 saturated carbocycles. The van der Waals surface area contributed by atoms with Crippen LogP contribution in [0.4, 0.5) is 0 Å². The minimum atomic E-state index is -1.25. The molecule has 0 radical (unpaired) electrons. The first-order valence-electron chi connectivity index (χ1n) is 5.69. The fourth-order valence-electron chi connectivity index (χ4n) is 1.63. The van der Waals surface area contributed by atoms with Gasteiger partial charge in [0.15, 0.2) is 6.10 Å². The minimum Gasteiger partial charge on any atom is -0.467 e. The smallest absolute Gasteiger partial charge is 0.339 e. The Balaban J connectivity index is 2.40. The maximum Gasteiger partial charge on any atom is 0.339 e. The summed E-state index contributed by atoms with van der Waals surface area (Å²) in [6, 6.07) is 5.34. The van der Waals surface area contributed by atoms with E-state index in [1.54, 1.807) is 23.5 Å². The molecule has 18 heavy (non-hydrogen) atoms. The average molecular weight is 265 g/mol. The zero-order valence-electron chi connectivity index (χ0n) is 10.5. The van der Waals surface area contributed by atoms with E-state index in [0.29, 0.717) is 11.5 Å². The van der Waals surface area contributed by atoms with Crippen LogP contribution in [-0.4, -0.2) is 23.2 Å². The van der Waals surface area contributed by atoms with Crippen LogP contribution in [0.3, 0.4) is 0 Å². The van der Waals surface area contributed by atoms with Crippen LogP contribution in [0, 0.1) is 0 Å². The van der Waals surface area contributed by atoms with Crippen molar-refractivity contribution in [2.75, 3.05) is 7.11 Å². The fourth-order valence-corrected chi connectivity index (χ4v) is 2.58. The Bertz CT molecular complexity index is 577. The molecule has 1 N–H and O–H groups in total. The molecule has 1 atom stereocenters. The number of hydrogen-bond acceptors (Lipinski definition) is 5. The summed E-state index contributed by atoms with van der Waals surface area (Å²) in [6.45, 7) is 4.17. The van der Waals surface area contributed by atoms with Gasteiger partial charge in [0.25, 0.3) is 0 Å². The molecule has 0 saturated heterocycles. The van der Waals surface area contributed by atoms with Crippen molar-refractivity contribution < 1.29 is 14.6 Å². The van der Waals surface area contributed by atoms with Gasteiger partial charge in [-0.25, -0.2) is 9.78 Å². The highest BCUT2D eigenvalue weighted by atomic mass is 32.1. The standard InChI is InChI=1S/C13H15NO3S/c1-7(2)12-14-9-6-8(4-5-10(9)18-12)11(15)13(16)17-3/h4-7,11,15H,1-3H3. The SMILES string of the molecule is COC(=O)C(O)c1ccc2sc(C(C)C)nc2c1. The Morgan fingerprint density at radius 1 is 1.44 bits per heavy atom. The molecule has 0 aliphatic carbocycles. The number of nitrogens with zero attached hydrogens (tertiary/aromatic N) is 1. The van der Waals surface area contributed by atoms with Gasteiger partial charge in [0.2, 0.25) is 0 Å². The van der Waals surface area contributed by atoms with Crippen LogP contribution >= 0.6 is 11.3 Å². The Morgan fingerprint density at radius 2 is 2.17 bits per heavy atom. The first kappa shape index (κ1) is 13.0. The second-order valence-electron chi connectivity index (χ2n) is 4.36. The first-order valence-corrected chi connectivity index (χ1v) is 6.51. The third-order valence-corrected chi connectivity index (χ3v) is 4.00. The van der Waals surface area contributed by atoms with Crippen molar-refractivity contribution in [3.05, 3.63) is 28.8 Å². The van der Waals surface area contributed by atoms with Crippen LogP contribution in [0.25, 0.3) is 10.2 Å². The molecule has 1 heterocycles. The summed E-state index contributed by atoms with van der Waals surface area (Å²) < 4.78 is 5.57. The summed E-state index contributed by atoms with van der Waals surface area (Å²) in [7, 11) is 1.25. The number of aromatic nitrogens is 1. The minimum absolute atomic E-state index is 0.372. The third-order valence-electron chi connectivity index (χ3n) is 2.66. The van der Waals surface area contributed by atoms with Crippen molar-refractivity contribution in [3.8, 4) is 0 Å². The van der Waals surface area contributed by atoms with Crippen molar-refractivity contribution in [3.63, 3.8) is 0 Å². The lowest BCUT2D eigenvalue weighted by atomic mass is 10.1. The summed E-state index contributed by atoms with van der Waals surface area (Å²) in [6.07, 6.45) is -1.25. The highest BCUT2D eigenvalue weighted by Crippen LogP contribution is 2.29. The van der Waals surface area contributed by atoms with Gasteiger partial charge >= 0.3 is 5.97 Å². The molecule has 0 spiro atoms. The molecule has 2 rings (SSSR count). The molecule has 5 heteroatoms. The van der Waals surface area contributed by atoms with Crippen molar-refractivity contribution in [2.45, 2.75) is 25.9 Å². The van der Waals surface area contributed by atoms with E-state index in [1.807, 2.05) is 6.07 Å². The number of carbonyl (C=O) groups excluding carboxylic acids is 1. The topological polar surface area (TPSA) is 59.4 Å². The van der Waals surface area contributed by atoms with Gasteiger partial charge in [-0.15, -0.1) is 11.3 Å². The predicted octanol–water partition coefficient (Wildman–Crippen LogP) is 2.63. The molecular weight excluding hydrogens is 250 g/mol. The highest BCUT2D eigenvalue weighted by molar-refractivity contribution is 7.18. The molecule has 0 aliphatic heterocycles. The monoisotopic (exact) mass is 265 g/mol. The second kappa shape index (κ2) is 5.04. The van der Waals surface area contributed by atoms with Gasteiger partial charge in [-0.05, 0) is 17.7 Å². The molecule has 1 unspecified atom stereocenters. The number of methoxy groups -OCH3 is 1. The van der Waals surface area contributed by atoms with Gasteiger partial charge in [-0.1, -0.05) is 19.9 Å². The van der Waals surface area contributed by atoms with E-state index in [4.69, 9.17) is 0 Å². The number of aliphatic hydroxyl groups excluding tert-OH is 1. The zero-order chi connectivity index (χ0) is 13.3. The van der Waals surface area contributed by atoms with Crippen LogP contribution in [-0.2, 0) is 9.53 Å². The summed E-state index contributed by atoms with van der Waals surface area (Å²) in [5.74, 6) is -0.287. The molecular formula is C13H15NO3S. The van der Waals surface area contributed by atoms with Gasteiger partial charge in [0.05, 0.1) is 22.3 Å². The molecule has 0 fully saturated rings. The highest BCUT2D eigenvalue weighted by Gasteiger charge is 2.19. The van der Waals surface area contributed by atoms with Crippen molar-refractivity contribution >= 4 is 27.5 Å². The van der Waals surface area contributed by atoms with Gasteiger partial charge in [0.1, 0.15) is 0 Å². The van der Waals surface area contributed by atoms with Gasteiger partial charge in [0, 0.05) is 5.92 Å². The van der Waals surface area contributed by atoms with E-state index in [1.165, 1.54) is 7.11 Å². The van der Waals surface area contributed by atoms with E-state index in [-0.39, 0.29) is 0 Å². The molecule has 1 aromatic heterocycles. The quantitative estimate of drug-likeness (QED) is 0.867. The van der Waals surface area contributed by atoms with Gasteiger partial charge in [-0.3, -0.25) is 0 Å².